The molecular formula is C43H62ClN5O7S. The number of carbonyl (C=O) groups is 2. The summed E-state index contributed by atoms with van der Waals surface area (Å²) in [7, 11) is -2.55. The van der Waals surface area contributed by atoms with Crippen molar-refractivity contribution in [3.63, 3.8) is 0 Å². The highest BCUT2D eigenvalue weighted by Crippen LogP contribution is 2.47. The third-order valence-corrected chi connectivity index (χ3v) is 16.0. The first kappa shape index (κ1) is 42.2. The van der Waals surface area contributed by atoms with Crippen molar-refractivity contribution in [2.45, 2.75) is 95.1 Å². The Morgan fingerprint density at radius 1 is 0.965 bits per heavy atom. The number of esters is 1. The second-order valence-electron chi connectivity index (χ2n) is 17.4. The molecule has 2 aromatic carbocycles. The molecule has 6 atom stereocenters. The SMILES string of the molecule is COC(=O)CCN1CCN2CCN(CC3(O)CCC[C@H](C)[C@@H](C)S(=O)(=O)NC(=O)c4ccc5c(c4)N(CCCCc4cc(Cl)ccc4CO5)C[C@@H]4CC[C@H]43)CC2C1. The van der Waals surface area contributed by atoms with Gasteiger partial charge in [0.1, 0.15) is 12.4 Å². The average molecular weight is 829 g/mol. The molecule has 14 heteroatoms. The Morgan fingerprint density at radius 2 is 1.75 bits per heavy atom. The van der Waals surface area contributed by atoms with Crippen LogP contribution in [0.5, 0.6) is 5.75 Å². The number of amides is 1. The van der Waals surface area contributed by atoms with Gasteiger partial charge in [0.2, 0.25) is 10.0 Å². The van der Waals surface area contributed by atoms with Gasteiger partial charge in [0.15, 0.2) is 0 Å². The van der Waals surface area contributed by atoms with Crippen LogP contribution in [0.1, 0.15) is 86.7 Å². The number of aryl methyl sites for hydroxylation is 1. The largest absolute Gasteiger partial charge is 0.487 e. The standard InChI is InChI=1S/C43H62ClN5O7S/c1-30-7-6-16-43(52,29-47-20-22-48-21-19-46(26-37(48)27-47)18-15-41(50)55-3)38-13-10-34(38)25-49-17-5-4-8-32-23-36(44)12-9-35(32)28-56-40-14-11-33(24-39(40)49)42(51)45-57(53,54)31(30)2/h9,11-12,14,23-24,30-31,34,37-38,52H,4-8,10,13,15-22,25-29H2,1-3H3,(H,45,51)/t30-,31+,34-,37?,38+,43?/m0/s1. The quantitative estimate of drug-likeness (QED) is 0.397. The summed E-state index contributed by atoms with van der Waals surface area (Å²) in [6, 6.07) is 11.5. The number of anilines is 1. The Morgan fingerprint density at radius 3 is 2.53 bits per heavy atom. The number of hydrogen-bond acceptors (Lipinski definition) is 11. The van der Waals surface area contributed by atoms with Crippen molar-refractivity contribution in [1.29, 1.82) is 0 Å². The van der Waals surface area contributed by atoms with E-state index in [1.165, 1.54) is 12.7 Å². The number of halogens is 1. The van der Waals surface area contributed by atoms with E-state index in [1.807, 2.05) is 25.1 Å². The first-order chi connectivity index (χ1) is 27.3. The lowest BCUT2D eigenvalue weighted by molar-refractivity contribution is -0.141. The van der Waals surface area contributed by atoms with Crippen LogP contribution < -0.4 is 14.4 Å². The number of nitrogens with one attached hydrogen (secondary N) is 1. The molecule has 57 heavy (non-hydrogen) atoms. The minimum atomic E-state index is -3.98. The summed E-state index contributed by atoms with van der Waals surface area (Å²) >= 11 is 6.41. The highest BCUT2D eigenvalue weighted by atomic mass is 35.5. The predicted octanol–water partition coefficient (Wildman–Crippen LogP) is 4.95. The Hall–Kier alpha value is -2.94. The fraction of sp³-hybridized carbons (Fsp3) is 0.674. The summed E-state index contributed by atoms with van der Waals surface area (Å²) in [6.07, 6.45) is 6.92. The molecule has 0 radical (unpaired) electrons. The number of benzene rings is 2. The summed E-state index contributed by atoms with van der Waals surface area (Å²) in [5.74, 6) is -0.105. The smallest absolute Gasteiger partial charge is 0.306 e. The molecule has 4 aliphatic heterocycles. The van der Waals surface area contributed by atoms with Gasteiger partial charge >= 0.3 is 5.97 Å². The van der Waals surface area contributed by atoms with E-state index in [1.54, 1.807) is 25.1 Å². The molecule has 2 bridgehead atoms. The Balaban J connectivity index is 1.16. The molecule has 2 N–H and O–H groups in total. The van der Waals surface area contributed by atoms with Gasteiger partial charge in [-0.15, -0.1) is 0 Å². The van der Waals surface area contributed by atoms with Gasteiger partial charge in [-0.25, -0.2) is 13.1 Å². The number of methoxy groups -OCH3 is 1. The van der Waals surface area contributed by atoms with Crippen molar-refractivity contribution in [3.05, 3.63) is 58.1 Å². The fourth-order valence-corrected chi connectivity index (χ4v) is 11.5. The monoisotopic (exact) mass is 827 g/mol. The average Bonchev–Trinajstić information content (AvgIpc) is 3.20. The third kappa shape index (κ3) is 9.92. The highest BCUT2D eigenvalue weighted by molar-refractivity contribution is 7.90. The minimum Gasteiger partial charge on any atom is -0.487 e. The van der Waals surface area contributed by atoms with Gasteiger partial charge in [-0.2, -0.15) is 0 Å². The van der Waals surface area contributed by atoms with Crippen molar-refractivity contribution in [2.24, 2.45) is 17.8 Å². The first-order valence-corrected chi connectivity index (χ1v) is 23.1. The van der Waals surface area contributed by atoms with Crippen LogP contribution in [0, 0.1) is 17.8 Å². The molecule has 2 unspecified atom stereocenters. The topological polar surface area (TPSA) is 132 Å². The van der Waals surface area contributed by atoms with Crippen LogP contribution in [0.2, 0.25) is 5.02 Å². The second kappa shape index (κ2) is 18.1. The molecule has 1 saturated carbocycles. The van der Waals surface area contributed by atoms with Crippen LogP contribution in [-0.4, -0.2) is 130 Å². The van der Waals surface area contributed by atoms with Crippen molar-refractivity contribution < 1.29 is 32.6 Å². The Bertz CT molecular complexity index is 1870. The maximum atomic E-state index is 13.6. The number of ether oxygens (including phenoxy) is 2. The summed E-state index contributed by atoms with van der Waals surface area (Å²) in [5.41, 5.74) is 2.32. The Kier molecular flexibility index (Phi) is 13.4. The second-order valence-corrected chi connectivity index (χ2v) is 19.9. The van der Waals surface area contributed by atoms with E-state index in [0.717, 1.165) is 89.2 Å². The van der Waals surface area contributed by atoms with E-state index in [4.69, 9.17) is 21.1 Å². The van der Waals surface area contributed by atoms with E-state index in [9.17, 15) is 23.1 Å². The molecule has 314 valence electrons. The summed E-state index contributed by atoms with van der Waals surface area (Å²) in [4.78, 5) is 35.2. The summed E-state index contributed by atoms with van der Waals surface area (Å²) in [5, 5.41) is 12.9. The van der Waals surface area contributed by atoms with E-state index in [0.29, 0.717) is 68.7 Å². The van der Waals surface area contributed by atoms with Crippen LogP contribution in [0.3, 0.4) is 0 Å². The molecule has 3 fully saturated rings. The van der Waals surface area contributed by atoms with Crippen LogP contribution >= 0.6 is 11.6 Å². The molecule has 5 aliphatic rings. The number of β-amino-alcohol motifs (C(OH)–C–C–N with tert-alkyl or cyclic N) is 1. The van der Waals surface area contributed by atoms with Gasteiger partial charge in [0.05, 0.1) is 30.1 Å². The van der Waals surface area contributed by atoms with E-state index >= 15 is 0 Å². The van der Waals surface area contributed by atoms with Gasteiger partial charge in [-0.05, 0) is 111 Å². The lowest BCUT2D eigenvalue weighted by Gasteiger charge is -2.53. The molecule has 12 nitrogen and oxygen atoms in total. The normalized spacial score (nSPS) is 30.6. The zero-order valence-electron chi connectivity index (χ0n) is 34.0. The molecule has 0 spiro atoms. The van der Waals surface area contributed by atoms with E-state index in [-0.39, 0.29) is 29.3 Å². The fourth-order valence-electron chi connectivity index (χ4n) is 9.96. The lowest BCUT2D eigenvalue weighted by Crippen LogP contribution is -2.64. The molecular weight excluding hydrogens is 766 g/mol. The van der Waals surface area contributed by atoms with Crippen molar-refractivity contribution in [1.82, 2.24) is 19.4 Å². The van der Waals surface area contributed by atoms with Crippen molar-refractivity contribution in [3.8, 4) is 5.75 Å². The van der Waals surface area contributed by atoms with E-state index < -0.39 is 26.8 Å². The number of piperazine rings is 2. The number of rotatable bonds is 5. The Labute approximate surface area is 344 Å². The van der Waals surface area contributed by atoms with Crippen LogP contribution in [0.25, 0.3) is 0 Å². The van der Waals surface area contributed by atoms with Gasteiger partial charge < -0.3 is 19.5 Å². The van der Waals surface area contributed by atoms with Gasteiger partial charge in [0.25, 0.3) is 5.91 Å². The summed E-state index contributed by atoms with van der Waals surface area (Å²) in [6.45, 7) is 12.1. The number of carbonyl (C=O) groups excluding carboxylic acids is 2. The van der Waals surface area contributed by atoms with Crippen molar-refractivity contribution >= 4 is 39.2 Å². The molecule has 7 rings (SSSR count). The van der Waals surface area contributed by atoms with E-state index in [2.05, 4.69) is 24.3 Å². The van der Waals surface area contributed by atoms with Crippen LogP contribution in [0.4, 0.5) is 5.69 Å². The number of aliphatic hydroxyl groups is 1. The van der Waals surface area contributed by atoms with Gasteiger partial charge in [0, 0.05) is 82.1 Å². The third-order valence-electron chi connectivity index (χ3n) is 13.8. The molecule has 4 heterocycles. The molecule has 2 aromatic rings. The van der Waals surface area contributed by atoms with Crippen LogP contribution in [-0.2, 0) is 32.6 Å². The number of fused-ring (bicyclic) bond motifs is 4. The predicted molar refractivity (Wildman–Crippen MR) is 222 cm³/mol. The first-order valence-electron chi connectivity index (χ1n) is 21.1. The lowest BCUT2D eigenvalue weighted by atomic mass is 9.62. The maximum absolute atomic E-state index is 13.6. The molecule has 0 aromatic heterocycles. The molecule has 2 saturated heterocycles. The molecule has 1 aliphatic carbocycles. The minimum absolute atomic E-state index is 0.0724. The summed E-state index contributed by atoms with van der Waals surface area (Å²) < 4.78 is 41.1. The van der Waals surface area contributed by atoms with Crippen LogP contribution in [0.15, 0.2) is 36.4 Å². The van der Waals surface area contributed by atoms with Crippen molar-refractivity contribution in [2.75, 3.05) is 77.5 Å². The number of nitrogens with zero attached hydrogens (tertiary/aromatic N) is 4. The molecule has 1 amide bonds. The number of hydrogen-bond donors (Lipinski definition) is 2. The maximum Gasteiger partial charge on any atom is 0.306 e. The number of sulfonamides is 1. The van der Waals surface area contributed by atoms with Gasteiger partial charge in [-0.3, -0.25) is 24.3 Å². The highest BCUT2D eigenvalue weighted by Gasteiger charge is 2.48. The zero-order chi connectivity index (χ0) is 40.3. The van der Waals surface area contributed by atoms with Gasteiger partial charge in [-0.1, -0.05) is 31.0 Å². The zero-order valence-corrected chi connectivity index (χ0v) is 35.5.